The molecule has 2 atom stereocenters. The van der Waals surface area contributed by atoms with Gasteiger partial charge in [-0.2, -0.15) is 0 Å². The van der Waals surface area contributed by atoms with Crippen molar-refractivity contribution in [3.8, 4) is 11.4 Å². The van der Waals surface area contributed by atoms with Crippen molar-refractivity contribution in [2.75, 3.05) is 5.32 Å². The number of rotatable bonds is 7. The Hall–Kier alpha value is -4.01. The van der Waals surface area contributed by atoms with Crippen LogP contribution in [0.3, 0.4) is 0 Å². The highest BCUT2D eigenvalue weighted by molar-refractivity contribution is 5.88. The van der Waals surface area contributed by atoms with Crippen LogP contribution in [0.2, 0.25) is 0 Å². The molecule has 1 heterocycles. The van der Waals surface area contributed by atoms with E-state index in [2.05, 4.69) is 15.6 Å². The number of hydrogen-bond donors (Lipinski definition) is 1. The van der Waals surface area contributed by atoms with Crippen LogP contribution in [-0.4, -0.2) is 32.8 Å². The lowest BCUT2D eigenvalue weighted by Crippen LogP contribution is -2.29. The van der Waals surface area contributed by atoms with Gasteiger partial charge in [0.2, 0.25) is 5.91 Å². The largest absolute Gasteiger partial charge is 0.459 e. The van der Waals surface area contributed by atoms with Gasteiger partial charge in [-0.05, 0) is 91.6 Å². The predicted molar refractivity (Wildman–Crippen MR) is 137 cm³/mol. The number of hydrogen-bond acceptors (Lipinski definition) is 7. The van der Waals surface area contributed by atoms with Gasteiger partial charge in [0, 0.05) is 19.5 Å². The summed E-state index contributed by atoms with van der Waals surface area (Å²) in [6, 6.07) is 9.11. The minimum Gasteiger partial charge on any atom is -0.459 e. The summed E-state index contributed by atoms with van der Waals surface area (Å²) in [7, 11) is 0. The van der Waals surface area contributed by atoms with Gasteiger partial charge in [0.15, 0.2) is 0 Å². The number of nitrogens with one attached hydrogen (secondary N) is 1. The molecule has 3 aromatic rings. The van der Waals surface area contributed by atoms with Crippen molar-refractivity contribution in [2.24, 2.45) is 11.8 Å². The van der Waals surface area contributed by atoms with Crippen LogP contribution in [0, 0.1) is 25.7 Å². The Morgan fingerprint density at radius 1 is 1.14 bits per heavy atom. The number of aryl methyl sites for hydroxylation is 1. The number of benzene rings is 2. The number of nitrogens with zero attached hydrogens (tertiary/aromatic N) is 3. The highest BCUT2D eigenvalue weighted by atomic mass is 16.5. The highest BCUT2D eigenvalue weighted by Gasteiger charge is 2.31. The second kappa shape index (κ2) is 10.9. The molecule has 9 nitrogen and oxygen atoms in total. The number of fused-ring (bicyclic) bond motifs is 1. The third-order valence-electron chi connectivity index (χ3n) is 6.93. The minimum atomic E-state index is -0.342. The molecule has 0 spiro atoms. The van der Waals surface area contributed by atoms with Gasteiger partial charge in [0.25, 0.3) is 0 Å². The van der Waals surface area contributed by atoms with Crippen LogP contribution in [-0.2, 0) is 38.6 Å². The third kappa shape index (κ3) is 6.04. The van der Waals surface area contributed by atoms with E-state index in [1.807, 2.05) is 39.0 Å². The van der Waals surface area contributed by atoms with E-state index < -0.39 is 0 Å². The lowest BCUT2D eigenvalue weighted by atomic mass is 9.75. The molecule has 0 bridgehead atoms. The van der Waals surface area contributed by atoms with E-state index in [-0.39, 0.29) is 36.3 Å². The Kier molecular flexibility index (Phi) is 7.71. The molecule has 1 N–H and O–H groups in total. The summed E-state index contributed by atoms with van der Waals surface area (Å²) < 4.78 is 12.6. The van der Waals surface area contributed by atoms with Gasteiger partial charge in [0.05, 0.1) is 17.8 Å². The molecule has 194 valence electrons. The molecule has 1 aromatic heterocycles. The topological polar surface area (TPSA) is 112 Å². The van der Waals surface area contributed by atoms with Gasteiger partial charge < -0.3 is 14.8 Å². The number of carbonyl (C=O) groups excluding carboxylic acids is 3. The quantitative estimate of drug-likeness (QED) is 0.378. The summed E-state index contributed by atoms with van der Waals surface area (Å²) in [5, 5.41) is 10.9. The summed E-state index contributed by atoms with van der Waals surface area (Å²) >= 11 is 0. The normalized spacial score (nSPS) is 15.4. The first kappa shape index (κ1) is 26.1. The molecule has 1 amide bonds. The summed E-state index contributed by atoms with van der Waals surface area (Å²) in [6.07, 6.45) is 4.21. The van der Waals surface area contributed by atoms with Crippen LogP contribution in [0.5, 0.6) is 5.75 Å². The zero-order valence-electron chi connectivity index (χ0n) is 21.8. The molecule has 1 aliphatic rings. The van der Waals surface area contributed by atoms with E-state index in [9.17, 15) is 14.4 Å². The Bertz CT molecular complexity index is 1330. The first-order chi connectivity index (χ1) is 17.6. The van der Waals surface area contributed by atoms with Crippen molar-refractivity contribution in [2.45, 2.75) is 60.5 Å². The highest BCUT2D eigenvalue weighted by Crippen LogP contribution is 2.38. The van der Waals surface area contributed by atoms with Gasteiger partial charge in [-0.25, -0.2) is 4.68 Å². The van der Waals surface area contributed by atoms with Crippen molar-refractivity contribution in [3.63, 3.8) is 0 Å². The number of aromatic nitrogens is 3. The first-order valence-corrected chi connectivity index (χ1v) is 12.4. The molecule has 0 radical (unpaired) electrons. The van der Waals surface area contributed by atoms with E-state index in [1.165, 1.54) is 25.0 Å². The standard InChI is InChI=1S/C28H32N4O5/c1-16-12-27(37-20(5)34)18(3)26-13-21(6-11-25(16)26)17(2)28(35)36-15-23-14-32(31-30-23)24-9-7-22(8-10-24)29-19(4)33/h7-10,12,14,17,21H,6,11,13,15H2,1-5H3,(H,29,33)/t17-,21-/m1/s1. The van der Waals surface area contributed by atoms with Crippen molar-refractivity contribution >= 4 is 23.5 Å². The van der Waals surface area contributed by atoms with Crippen LogP contribution in [0.1, 0.15) is 55.1 Å². The van der Waals surface area contributed by atoms with E-state index in [1.54, 1.807) is 23.0 Å². The van der Waals surface area contributed by atoms with Crippen LogP contribution in [0.15, 0.2) is 36.5 Å². The van der Waals surface area contributed by atoms with E-state index in [4.69, 9.17) is 9.47 Å². The second-order valence-corrected chi connectivity index (χ2v) is 9.65. The van der Waals surface area contributed by atoms with E-state index in [0.717, 1.165) is 36.1 Å². The Labute approximate surface area is 216 Å². The summed E-state index contributed by atoms with van der Waals surface area (Å²) in [5.74, 6) is -0.322. The average molecular weight is 505 g/mol. The maximum absolute atomic E-state index is 12.9. The van der Waals surface area contributed by atoms with Crippen LogP contribution < -0.4 is 10.1 Å². The van der Waals surface area contributed by atoms with Crippen molar-refractivity contribution < 1.29 is 23.9 Å². The monoisotopic (exact) mass is 504 g/mol. The molecule has 9 heteroatoms. The molecule has 0 aliphatic heterocycles. The van der Waals surface area contributed by atoms with Crippen molar-refractivity contribution in [3.05, 3.63) is 64.5 Å². The third-order valence-corrected chi connectivity index (χ3v) is 6.93. The zero-order chi connectivity index (χ0) is 26.7. The van der Waals surface area contributed by atoms with Crippen LogP contribution in [0.25, 0.3) is 5.69 Å². The van der Waals surface area contributed by atoms with E-state index >= 15 is 0 Å². The summed E-state index contributed by atoms with van der Waals surface area (Å²) in [6.45, 7) is 8.80. The van der Waals surface area contributed by atoms with Crippen LogP contribution in [0.4, 0.5) is 5.69 Å². The molecular weight excluding hydrogens is 472 g/mol. The Balaban J connectivity index is 1.37. The molecule has 0 fully saturated rings. The second-order valence-electron chi connectivity index (χ2n) is 9.65. The molecule has 37 heavy (non-hydrogen) atoms. The number of amides is 1. The van der Waals surface area contributed by atoms with E-state index in [0.29, 0.717) is 17.1 Å². The summed E-state index contributed by atoms with van der Waals surface area (Å²) in [5.41, 5.74) is 6.52. The lowest BCUT2D eigenvalue weighted by Gasteiger charge is -2.31. The Morgan fingerprint density at radius 3 is 2.54 bits per heavy atom. The number of carbonyl (C=O) groups is 3. The number of esters is 2. The SMILES string of the molecule is CC(=O)Nc1ccc(-n2cc(COC(=O)[C@H](C)[C@@H]3CCc4c(C)cc(OC(C)=O)c(C)c4C3)nn2)cc1. The molecule has 0 saturated carbocycles. The zero-order valence-corrected chi connectivity index (χ0v) is 21.8. The number of anilines is 1. The fourth-order valence-corrected chi connectivity index (χ4v) is 4.87. The maximum Gasteiger partial charge on any atom is 0.309 e. The molecule has 0 saturated heterocycles. The maximum atomic E-state index is 12.9. The molecule has 2 aromatic carbocycles. The average Bonchev–Trinajstić information content (AvgIpc) is 3.34. The fraction of sp³-hybridized carbons (Fsp3) is 0.393. The van der Waals surface area contributed by atoms with Crippen molar-refractivity contribution in [1.82, 2.24) is 15.0 Å². The summed E-state index contributed by atoms with van der Waals surface area (Å²) in [4.78, 5) is 35.6. The molecule has 1 aliphatic carbocycles. The first-order valence-electron chi connectivity index (χ1n) is 12.4. The van der Waals surface area contributed by atoms with Gasteiger partial charge in [-0.3, -0.25) is 14.4 Å². The fourth-order valence-electron chi connectivity index (χ4n) is 4.87. The van der Waals surface area contributed by atoms with Crippen LogP contribution >= 0.6 is 0 Å². The number of ether oxygens (including phenoxy) is 2. The van der Waals surface area contributed by atoms with Gasteiger partial charge >= 0.3 is 11.9 Å². The van der Waals surface area contributed by atoms with Gasteiger partial charge in [-0.1, -0.05) is 12.1 Å². The lowest BCUT2D eigenvalue weighted by molar-refractivity contribution is -0.151. The minimum absolute atomic E-state index is 0.0329. The molecular formula is C28H32N4O5. The Morgan fingerprint density at radius 2 is 1.86 bits per heavy atom. The predicted octanol–water partition coefficient (Wildman–Crippen LogP) is 4.25. The van der Waals surface area contributed by atoms with Crippen molar-refractivity contribution in [1.29, 1.82) is 0 Å². The smallest absolute Gasteiger partial charge is 0.309 e. The molecule has 0 unspecified atom stereocenters. The molecule has 4 rings (SSSR count). The van der Waals surface area contributed by atoms with Gasteiger partial charge in [0.1, 0.15) is 18.1 Å². The van der Waals surface area contributed by atoms with Gasteiger partial charge in [-0.15, -0.1) is 5.10 Å².